The molecule has 0 aliphatic rings. The van der Waals surface area contributed by atoms with Gasteiger partial charge in [-0.05, 0) is 55.0 Å². The quantitative estimate of drug-likeness (QED) is 0.541. The normalized spacial score (nSPS) is 11.6. The van der Waals surface area contributed by atoms with E-state index in [9.17, 15) is 14.3 Å². The highest BCUT2D eigenvalue weighted by Crippen LogP contribution is 2.22. The van der Waals surface area contributed by atoms with Crippen molar-refractivity contribution in [1.82, 2.24) is 4.98 Å². The van der Waals surface area contributed by atoms with Crippen molar-refractivity contribution >= 4 is 28.4 Å². The number of carbonyl (C=O) groups is 1. The third-order valence-corrected chi connectivity index (χ3v) is 4.21. The Kier molecular flexibility index (Phi) is 4.78. The molecule has 6 nitrogen and oxygen atoms in total. The topological polar surface area (TPSA) is 87.7 Å². The van der Waals surface area contributed by atoms with Crippen LogP contribution in [0.25, 0.3) is 11.0 Å². The SMILES string of the molecule is Cc1ccc(F)c(N=c2oc3cc(O)ccc3cc2C(=O)Nc2ccccn2)c1. The predicted octanol–water partition coefficient (Wildman–Crippen LogP) is 4.47. The maximum absolute atomic E-state index is 14.2. The van der Waals surface area contributed by atoms with Crippen LogP contribution in [0.5, 0.6) is 5.75 Å². The monoisotopic (exact) mass is 389 g/mol. The Balaban J connectivity index is 1.90. The number of phenols is 1. The van der Waals surface area contributed by atoms with Crippen molar-refractivity contribution in [3.8, 4) is 5.75 Å². The molecule has 0 aliphatic carbocycles. The van der Waals surface area contributed by atoms with Gasteiger partial charge < -0.3 is 14.8 Å². The van der Waals surface area contributed by atoms with Gasteiger partial charge in [0.25, 0.3) is 5.91 Å². The van der Waals surface area contributed by atoms with E-state index < -0.39 is 11.7 Å². The molecule has 0 spiro atoms. The second-order valence-electron chi connectivity index (χ2n) is 6.42. The van der Waals surface area contributed by atoms with Crippen molar-refractivity contribution < 1.29 is 18.7 Å². The van der Waals surface area contributed by atoms with Crippen LogP contribution in [0.4, 0.5) is 15.9 Å². The number of nitrogens with zero attached hydrogens (tertiary/aromatic N) is 2. The summed E-state index contributed by atoms with van der Waals surface area (Å²) >= 11 is 0. The highest BCUT2D eigenvalue weighted by Gasteiger charge is 2.14. The van der Waals surface area contributed by atoms with Crippen molar-refractivity contribution in [3.63, 3.8) is 0 Å². The van der Waals surface area contributed by atoms with E-state index in [1.54, 1.807) is 48.7 Å². The molecule has 0 saturated carbocycles. The van der Waals surface area contributed by atoms with E-state index in [1.807, 2.05) is 6.92 Å². The number of hydrogen-bond donors (Lipinski definition) is 2. The van der Waals surface area contributed by atoms with Gasteiger partial charge in [0.05, 0.1) is 0 Å². The van der Waals surface area contributed by atoms with Crippen LogP contribution >= 0.6 is 0 Å². The molecule has 0 radical (unpaired) electrons. The Bertz CT molecular complexity index is 1280. The Morgan fingerprint density at radius 2 is 2.00 bits per heavy atom. The van der Waals surface area contributed by atoms with Crippen molar-refractivity contribution in [3.05, 3.63) is 89.4 Å². The Morgan fingerprint density at radius 3 is 2.79 bits per heavy atom. The minimum absolute atomic E-state index is 0.000349. The minimum Gasteiger partial charge on any atom is -0.508 e. The fraction of sp³-hybridized carbons (Fsp3) is 0.0455. The van der Waals surface area contributed by atoms with Crippen LogP contribution < -0.4 is 10.9 Å². The fourth-order valence-electron chi connectivity index (χ4n) is 2.79. The van der Waals surface area contributed by atoms with Crippen LogP contribution in [-0.4, -0.2) is 16.0 Å². The molecule has 144 valence electrons. The molecule has 0 unspecified atom stereocenters. The van der Waals surface area contributed by atoms with Gasteiger partial charge in [0.1, 0.15) is 34.2 Å². The van der Waals surface area contributed by atoms with E-state index in [1.165, 1.54) is 18.2 Å². The molecule has 0 fully saturated rings. The third-order valence-electron chi connectivity index (χ3n) is 4.21. The zero-order chi connectivity index (χ0) is 20.4. The summed E-state index contributed by atoms with van der Waals surface area (Å²) < 4.78 is 20.0. The number of carbonyl (C=O) groups excluding carboxylic acids is 1. The summed E-state index contributed by atoms with van der Waals surface area (Å²) in [5.41, 5.74) is 1.19. The lowest BCUT2D eigenvalue weighted by Gasteiger charge is -2.07. The van der Waals surface area contributed by atoms with Crippen molar-refractivity contribution in [2.75, 3.05) is 5.32 Å². The van der Waals surface area contributed by atoms with Gasteiger partial charge >= 0.3 is 0 Å². The number of pyridine rings is 1. The summed E-state index contributed by atoms with van der Waals surface area (Å²) in [7, 11) is 0. The van der Waals surface area contributed by atoms with E-state index in [2.05, 4.69) is 15.3 Å². The van der Waals surface area contributed by atoms with Crippen molar-refractivity contribution in [2.24, 2.45) is 4.99 Å². The molecule has 1 amide bonds. The van der Waals surface area contributed by atoms with E-state index in [0.717, 1.165) is 5.56 Å². The maximum Gasteiger partial charge on any atom is 0.262 e. The van der Waals surface area contributed by atoms with Gasteiger partial charge in [0, 0.05) is 17.6 Å². The number of nitrogens with one attached hydrogen (secondary N) is 1. The molecule has 29 heavy (non-hydrogen) atoms. The maximum atomic E-state index is 14.2. The first-order valence-corrected chi connectivity index (χ1v) is 8.80. The zero-order valence-corrected chi connectivity index (χ0v) is 15.4. The predicted molar refractivity (Wildman–Crippen MR) is 106 cm³/mol. The summed E-state index contributed by atoms with van der Waals surface area (Å²) in [6.45, 7) is 1.81. The highest BCUT2D eigenvalue weighted by molar-refractivity contribution is 6.05. The molecule has 2 aromatic carbocycles. The molecule has 0 aliphatic heterocycles. The van der Waals surface area contributed by atoms with Gasteiger partial charge in [0.2, 0.25) is 5.55 Å². The average Bonchev–Trinajstić information content (AvgIpc) is 2.71. The minimum atomic E-state index is -0.544. The summed E-state index contributed by atoms with van der Waals surface area (Å²) in [6.07, 6.45) is 1.55. The molecule has 4 rings (SSSR count). The van der Waals surface area contributed by atoms with Crippen LogP contribution in [0, 0.1) is 12.7 Å². The molecule has 0 atom stereocenters. The van der Waals surface area contributed by atoms with Crippen molar-refractivity contribution in [2.45, 2.75) is 6.92 Å². The lowest BCUT2D eigenvalue weighted by molar-refractivity contribution is 0.102. The number of benzene rings is 2. The number of fused-ring (bicyclic) bond motifs is 1. The first-order valence-electron chi connectivity index (χ1n) is 8.80. The molecule has 2 N–H and O–H groups in total. The standard InChI is InChI=1S/C22H16FN3O3/c1-13-5-8-17(23)18(10-13)25-22-16(21(28)26-20-4-2-3-9-24-20)11-14-6-7-15(27)12-19(14)29-22/h2-12,27H,1H3,(H,24,26,28). The molecular weight excluding hydrogens is 373 g/mol. The first-order chi connectivity index (χ1) is 14.0. The van der Waals surface area contributed by atoms with Gasteiger partial charge in [-0.2, -0.15) is 0 Å². The van der Waals surface area contributed by atoms with Crippen LogP contribution in [0.1, 0.15) is 15.9 Å². The third kappa shape index (κ3) is 3.98. The Hall–Kier alpha value is -4.00. The van der Waals surface area contributed by atoms with Crippen molar-refractivity contribution in [1.29, 1.82) is 0 Å². The van der Waals surface area contributed by atoms with Gasteiger partial charge in [-0.1, -0.05) is 12.1 Å². The second-order valence-corrected chi connectivity index (χ2v) is 6.42. The molecule has 2 aromatic heterocycles. The molecule has 7 heteroatoms. The number of halogens is 1. The molecule has 2 heterocycles. The van der Waals surface area contributed by atoms with E-state index in [0.29, 0.717) is 16.8 Å². The number of phenolic OH excluding ortho intramolecular Hbond substituents is 1. The largest absolute Gasteiger partial charge is 0.508 e. The number of hydrogen-bond acceptors (Lipinski definition) is 5. The summed E-state index contributed by atoms with van der Waals surface area (Å²) in [6, 6.07) is 15.7. The van der Waals surface area contributed by atoms with E-state index >= 15 is 0 Å². The second kappa shape index (κ2) is 7.55. The van der Waals surface area contributed by atoms with Gasteiger partial charge in [0.15, 0.2) is 0 Å². The molecule has 0 saturated heterocycles. The smallest absolute Gasteiger partial charge is 0.262 e. The van der Waals surface area contributed by atoms with E-state index in [-0.39, 0.29) is 22.6 Å². The summed E-state index contributed by atoms with van der Waals surface area (Å²) in [5, 5.41) is 13.0. The lowest BCUT2D eigenvalue weighted by Crippen LogP contribution is -2.22. The highest BCUT2D eigenvalue weighted by atomic mass is 19.1. The van der Waals surface area contributed by atoms with E-state index in [4.69, 9.17) is 4.42 Å². The average molecular weight is 389 g/mol. The summed E-state index contributed by atoms with van der Waals surface area (Å²) in [5.74, 6) is -0.692. The molecule has 4 aromatic rings. The van der Waals surface area contributed by atoms with Gasteiger partial charge in [-0.15, -0.1) is 0 Å². The summed E-state index contributed by atoms with van der Waals surface area (Å²) in [4.78, 5) is 21.2. The fourth-order valence-corrected chi connectivity index (χ4v) is 2.79. The number of amides is 1. The first kappa shape index (κ1) is 18.4. The van der Waals surface area contributed by atoms with Gasteiger partial charge in [-0.25, -0.2) is 14.4 Å². The van der Waals surface area contributed by atoms with Crippen LogP contribution in [0.2, 0.25) is 0 Å². The van der Waals surface area contributed by atoms with Gasteiger partial charge in [-0.3, -0.25) is 4.79 Å². The van der Waals surface area contributed by atoms with Crippen LogP contribution in [-0.2, 0) is 0 Å². The number of aryl methyl sites for hydroxylation is 1. The Labute approximate surface area is 165 Å². The molecular formula is C22H16FN3O3. The number of aromatic hydroxyl groups is 1. The molecule has 0 bridgehead atoms. The number of rotatable bonds is 3. The van der Waals surface area contributed by atoms with Crippen LogP contribution in [0.3, 0.4) is 0 Å². The zero-order valence-electron chi connectivity index (χ0n) is 15.4. The van der Waals surface area contributed by atoms with Crippen LogP contribution in [0.15, 0.2) is 76.3 Å². The number of aromatic nitrogens is 1. The Morgan fingerprint density at radius 1 is 1.14 bits per heavy atom. The lowest BCUT2D eigenvalue weighted by atomic mass is 10.1. The number of anilines is 1.